The van der Waals surface area contributed by atoms with E-state index in [4.69, 9.17) is 16.3 Å². The SMILES string of the molecule is O=S(=O)(Nc1ccc(Oc2ccc(-n3cccn3)nn2)cc1)c1ccc(Cl)s1. The van der Waals surface area contributed by atoms with Gasteiger partial charge in [0, 0.05) is 24.1 Å². The Morgan fingerprint density at radius 3 is 2.46 bits per heavy atom. The lowest BCUT2D eigenvalue weighted by molar-refractivity contribution is 0.454. The number of thiophene rings is 1. The van der Waals surface area contributed by atoms with Gasteiger partial charge in [-0.15, -0.1) is 21.5 Å². The van der Waals surface area contributed by atoms with Gasteiger partial charge >= 0.3 is 0 Å². The van der Waals surface area contributed by atoms with Gasteiger partial charge in [-0.1, -0.05) is 11.6 Å². The number of hydrogen-bond acceptors (Lipinski definition) is 7. The second-order valence-electron chi connectivity index (χ2n) is 5.47. The van der Waals surface area contributed by atoms with Gasteiger partial charge in [-0.3, -0.25) is 4.72 Å². The van der Waals surface area contributed by atoms with Crippen molar-refractivity contribution in [1.82, 2.24) is 20.0 Å². The van der Waals surface area contributed by atoms with Crippen LogP contribution in [0.1, 0.15) is 0 Å². The van der Waals surface area contributed by atoms with Crippen molar-refractivity contribution in [2.45, 2.75) is 4.21 Å². The number of nitrogens with zero attached hydrogens (tertiary/aromatic N) is 4. The van der Waals surface area contributed by atoms with Gasteiger partial charge in [0.05, 0.1) is 4.34 Å². The van der Waals surface area contributed by atoms with Crippen LogP contribution in [0.4, 0.5) is 5.69 Å². The molecule has 28 heavy (non-hydrogen) atoms. The Morgan fingerprint density at radius 2 is 1.86 bits per heavy atom. The Hall–Kier alpha value is -2.95. The third-order valence-corrected chi connectivity index (χ3v) is 6.61. The Balaban J connectivity index is 1.43. The molecule has 0 aliphatic heterocycles. The molecule has 4 aromatic rings. The molecule has 3 heterocycles. The summed E-state index contributed by atoms with van der Waals surface area (Å²) in [5.41, 5.74) is 0.400. The highest BCUT2D eigenvalue weighted by molar-refractivity contribution is 7.94. The molecule has 0 amide bonds. The number of halogens is 1. The Morgan fingerprint density at radius 1 is 1.04 bits per heavy atom. The van der Waals surface area contributed by atoms with Gasteiger partial charge in [0.2, 0.25) is 5.88 Å². The summed E-state index contributed by atoms with van der Waals surface area (Å²) in [7, 11) is -3.68. The van der Waals surface area contributed by atoms with E-state index in [1.54, 1.807) is 59.5 Å². The fourth-order valence-corrected chi connectivity index (χ4v) is 4.79. The highest BCUT2D eigenvalue weighted by Gasteiger charge is 2.16. The minimum atomic E-state index is -3.68. The number of sulfonamides is 1. The lowest BCUT2D eigenvalue weighted by Crippen LogP contribution is -2.11. The van der Waals surface area contributed by atoms with Crippen LogP contribution >= 0.6 is 22.9 Å². The fourth-order valence-electron chi connectivity index (χ4n) is 2.25. The first-order valence-corrected chi connectivity index (χ1v) is 10.6. The third kappa shape index (κ3) is 4.14. The van der Waals surface area contributed by atoms with Crippen LogP contribution in [0.3, 0.4) is 0 Å². The van der Waals surface area contributed by atoms with Crippen molar-refractivity contribution in [2.24, 2.45) is 0 Å². The third-order valence-electron chi connectivity index (χ3n) is 3.51. The molecule has 0 unspecified atom stereocenters. The van der Waals surface area contributed by atoms with Crippen LogP contribution in [0.5, 0.6) is 11.6 Å². The summed E-state index contributed by atoms with van der Waals surface area (Å²) in [6.45, 7) is 0. The quantitative estimate of drug-likeness (QED) is 0.494. The van der Waals surface area contributed by atoms with Gasteiger partial charge in [-0.2, -0.15) is 5.10 Å². The summed E-state index contributed by atoms with van der Waals surface area (Å²) in [5.74, 6) is 1.36. The van der Waals surface area contributed by atoms with Gasteiger partial charge in [0.15, 0.2) is 5.82 Å². The average Bonchev–Trinajstić information content (AvgIpc) is 3.36. The van der Waals surface area contributed by atoms with Gasteiger partial charge in [-0.05, 0) is 48.5 Å². The molecular formula is C17H12ClN5O3S2. The van der Waals surface area contributed by atoms with Crippen LogP contribution in [0.25, 0.3) is 5.82 Å². The highest BCUT2D eigenvalue weighted by Crippen LogP contribution is 2.28. The number of hydrogen-bond donors (Lipinski definition) is 1. The van der Waals surface area contributed by atoms with E-state index in [0.717, 1.165) is 11.3 Å². The molecule has 0 radical (unpaired) electrons. The molecule has 0 atom stereocenters. The molecule has 1 aromatic carbocycles. The molecule has 3 aromatic heterocycles. The highest BCUT2D eigenvalue weighted by atomic mass is 35.5. The molecule has 8 nitrogen and oxygen atoms in total. The number of anilines is 1. The zero-order valence-corrected chi connectivity index (χ0v) is 16.4. The number of nitrogens with one attached hydrogen (secondary N) is 1. The normalized spacial score (nSPS) is 11.3. The van der Waals surface area contributed by atoms with E-state index in [1.165, 1.54) is 12.1 Å². The number of ether oxygens (including phenoxy) is 1. The topological polar surface area (TPSA) is 99.0 Å². The van der Waals surface area contributed by atoms with Crippen LogP contribution < -0.4 is 9.46 Å². The average molecular weight is 434 g/mol. The Kier molecular flexibility index (Phi) is 4.99. The first-order chi connectivity index (χ1) is 13.5. The van der Waals surface area contributed by atoms with Crippen molar-refractivity contribution in [2.75, 3.05) is 4.72 Å². The van der Waals surface area contributed by atoms with E-state index in [0.29, 0.717) is 27.5 Å². The van der Waals surface area contributed by atoms with Crippen LogP contribution in [0, 0.1) is 0 Å². The molecule has 0 aliphatic carbocycles. The van der Waals surface area contributed by atoms with Crippen molar-refractivity contribution in [3.63, 3.8) is 0 Å². The van der Waals surface area contributed by atoms with Crippen molar-refractivity contribution in [3.05, 3.63) is 71.3 Å². The van der Waals surface area contributed by atoms with E-state index >= 15 is 0 Å². The van der Waals surface area contributed by atoms with Gasteiger partial charge in [-0.25, -0.2) is 13.1 Å². The zero-order valence-electron chi connectivity index (χ0n) is 14.1. The van der Waals surface area contributed by atoms with E-state index < -0.39 is 10.0 Å². The molecule has 0 saturated carbocycles. The maximum absolute atomic E-state index is 12.3. The monoisotopic (exact) mass is 433 g/mol. The van der Waals surface area contributed by atoms with Crippen LogP contribution in [-0.4, -0.2) is 28.4 Å². The molecule has 4 rings (SSSR count). The van der Waals surface area contributed by atoms with E-state index in [-0.39, 0.29) is 4.21 Å². The summed E-state index contributed by atoms with van der Waals surface area (Å²) >= 11 is 6.79. The first-order valence-electron chi connectivity index (χ1n) is 7.89. The summed E-state index contributed by atoms with van der Waals surface area (Å²) in [5, 5.41) is 12.1. The molecule has 0 aliphatic rings. The van der Waals surface area contributed by atoms with E-state index in [9.17, 15) is 8.42 Å². The second-order valence-corrected chi connectivity index (χ2v) is 9.10. The molecule has 11 heteroatoms. The zero-order chi connectivity index (χ0) is 19.6. The van der Waals surface area contributed by atoms with Crippen LogP contribution in [-0.2, 0) is 10.0 Å². The standard InChI is InChI=1S/C17H12ClN5O3S2/c18-14-6-9-17(27-14)28(24,25)22-12-2-4-13(5-3-12)26-16-8-7-15(20-21-16)23-11-1-10-19-23/h1-11,22H. The van der Waals surface area contributed by atoms with Crippen LogP contribution in [0.2, 0.25) is 4.34 Å². The lowest BCUT2D eigenvalue weighted by Gasteiger charge is -2.08. The van der Waals surface area contributed by atoms with Gasteiger partial charge in [0.25, 0.3) is 10.0 Å². The molecule has 142 valence electrons. The Bertz CT molecular complexity index is 1170. The Labute approximate surface area is 169 Å². The molecule has 0 spiro atoms. The first kappa shape index (κ1) is 18.4. The number of rotatable bonds is 6. The molecule has 0 saturated heterocycles. The predicted octanol–water partition coefficient (Wildman–Crippen LogP) is 3.97. The lowest BCUT2D eigenvalue weighted by atomic mass is 10.3. The molecule has 0 bridgehead atoms. The molecule has 1 N–H and O–H groups in total. The summed E-state index contributed by atoms with van der Waals surface area (Å²) < 4.78 is 34.9. The number of benzene rings is 1. The summed E-state index contributed by atoms with van der Waals surface area (Å²) in [4.78, 5) is 0. The maximum atomic E-state index is 12.3. The fraction of sp³-hybridized carbons (Fsp3) is 0. The summed E-state index contributed by atoms with van der Waals surface area (Å²) in [6, 6.07) is 14.6. The van der Waals surface area contributed by atoms with Crippen LogP contribution in [0.15, 0.2) is 71.2 Å². The summed E-state index contributed by atoms with van der Waals surface area (Å²) in [6.07, 6.45) is 3.41. The minimum absolute atomic E-state index is 0.144. The molecular weight excluding hydrogens is 422 g/mol. The number of aromatic nitrogens is 4. The van der Waals surface area contributed by atoms with Gasteiger partial charge in [0.1, 0.15) is 9.96 Å². The van der Waals surface area contributed by atoms with Crippen molar-refractivity contribution < 1.29 is 13.2 Å². The maximum Gasteiger partial charge on any atom is 0.271 e. The predicted molar refractivity (Wildman–Crippen MR) is 106 cm³/mol. The van der Waals surface area contributed by atoms with Crippen molar-refractivity contribution in [1.29, 1.82) is 0 Å². The van der Waals surface area contributed by atoms with Crippen molar-refractivity contribution in [3.8, 4) is 17.4 Å². The van der Waals surface area contributed by atoms with Gasteiger partial charge < -0.3 is 4.74 Å². The van der Waals surface area contributed by atoms with E-state index in [2.05, 4.69) is 20.0 Å². The van der Waals surface area contributed by atoms with E-state index in [1.807, 2.05) is 0 Å². The molecule has 0 fully saturated rings. The smallest absolute Gasteiger partial charge is 0.271 e. The second kappa shape index (κ2) is 7.58. The largest absolute Gasteiger partial charge is 0.438 e. The minimum Gasteiger partial charge on any atom is -0.438 e. The van der Waals surface area contributed by atoms with Crippen molar-refractivity contribution >= 4 is 38.6 Å².